The fourth-order valence-corrected chi connectivity index (χ4v) is 2.14. The lowest BCUT2D eigenvalue weighted by atomic mass is 10.2. The minimum Gasteiger partial charge on any atom is -0.321 e. The highest BCUT2D eigenvalue weighted by atomic mass is 31.2. The first-order valence-electron chi connectivity index (χ1n) is 4.18. The monoisotopic (exact) mass is 229 g/mol. The summed E-state index contributed by atoms with van der Waals surface area (Å²) < 4.78 is 29.0. The highest BCUT2D eigenvalue weighted by Crippen LogP contribution is 2.40. The van der Waals surface area contributed by atoms with Gasteiger partial charge < -0.3 is 9.42 Å². The average Bonchev–Trinajstić information content (AvgIpc) is 2.16. The molecular weight excluding hydrogens is 220 g/mol. The smallest absolute Gasteiger partial charge is 0.321 e. The summed E-state index contributed by atoms with van der Waals surface area (Å²) in [6, 6.07) is 4.70. The lowest BCUT2D eigenvalue weighted by molar-refractivity contribution is 0.284. The van der Waals surface area contributed by atoms with Crippen molar-refractivity contribution in [1.29, 1.82) is 5.26 Å². The summed E-state index contributed by atoms with van der Waals surface area (Å²) in [5.74, 6) is -0.738. The van der Waals surface area contributed by atoms with E-state index in [2.05, 4.69) is 4.52 Å². The van der Waals surface area contributed by atoms with Crippen LogP contribution >= 0.6 is 7.60 Å². The Balaban J connectivity index is 3.21. The van der Waals surface area contributed by atoms with Crippen LogP contribution < -0.4 is 5.30 Å². The maximum atomic E-state index is 12.9. The summed E-state index contributed by atoms with van der Waals surface area (Å²) in [4.78, 5) is 9.39. The molecule has 80 valence electrons. The van der Waals surface area contributed by atoms with Crippen LogP contribution in [-0.2, 0) is 9.09 Å². The molecule has 0 amide bonds. The molecule has 0 aliphatic heterocycles. The van der Waals surface area contributed by atoms with E-state index in [1.165, 1.54) is 0 Å². The zero-order valence-electron chi connectivity index (χ0n) is 7.98. The Morgan fingerprint density at radius 3 is 2.80 bits per heavy atom. The Labute approximate surface area is 86.5 Å². The molecule has 1 aromatic carbocycles. The molecule has 1 aromatic rings. The zero-order chi connectivity index (χ0) is 11.5. The van der Waals surface area contributed by atoms with Crippen molar-refractivity contribution in [2.24, 2.45) is 0 Å². The average molecular weight is 229 g/mol. The third-order valence-electron chi connectivity index (χ3n) is 1.64. The molecule has 0 aliphatic rings. The Hall–Kier alpha value is -1.21. The van der Waals surface area contributed by atoms with Crippen molar-refractivity contribution in [2.45, 2.75) is 6.92 Å². The van der Waals surface area contributed by atoms with Crippen molar-refractivity contribution in [3.8, 4) is 6.07 Å². The van der Waals surface area contributed by atoms with E-state index >= 15 is 0 Å². The molecule has 4 nitrogen and oxygen atoms in total. The topological polar surface area (TPSA) is 70.3 Å². The molecule has 0 heterocycles. The zero-order valence-corrected chi connectivity index (χ0v) is 8.87. The summed E-state index contributed by atoms with van der Waals surface area (Å²) in [5, 5.41) is 8.35. The van der Waals surface area contributed by atoms with E-state index in [9.17, 15) is 13.8 Å². The van der Waals surface area contributed by atoms with Crippen molar-refractivity contribution in [3.63, 3.8) is 0 Å². The predicted molar refractivity (Wildman–Crippen MR) is 52.2 cm³/mol. The first kappa shape index (κ1) is 11.9. The highest BCUT2D eigenvalue weighted by Gasteiger charge is 2.23. The van der Waals surface area contributed by atoms with Crippen molar-refractivity contribution < 1.29 is 18.4 Å². The van der Waals surface area contributed by atoms with Gasteiger partial charge >= 0.3 is 7.60 Å². The van der Waals surface area contributed by atoms with Gasteiger partial charge in [-0.25, -0.2) is 4.39 Å². The summed E-state index contributed by atoms with van der Waals surface area (Å²) in [5.41, 5.74) is -0.0148. The lowest BCUT2D eigenvalue weighted by Crippen LogP contribution is -2.08. The summed E-state index contributed by atoms with van der Waals surface area (Å²) in [6.45, 7) is 1.58. The largest absolute Gasteiger partial charge is 0.358 e. The maximum absolute atomic E-state index is 12.9. The van der Waals surface area contributed by atoms with E-state index in [4.69, 9.17) is 5.26 Å². The number of nitrogens with zero attached hydrogens (tertiary/aromatic N) is 1. The molecule has 0 radical (unpaired) electrons. The van der Waals surface area contributed by atoms with E-state index in [0.717, 1.165) is 18.2 Å². The van der Waals surface area contributed by atoms with Gasteiger partial charge in [0.05, 0.1) is 23.5 Å². The first-order chi connectivity index (χ1) is 6.99. The molecule has 15 heavy (non-hydrogen) atoms. The third kappa shape index (κ3) is 2.87. The Morgan fingerprint density at radius 2 is 2.27 bits per heavy atom. The van der Waals surface area contributed by atoms with Crippen LogP contribution in [0.4, 0.5) is 4.39 Å². The first-order valence-corrected chi connectivity index (χ1v) is 5.76. The SMILES string of the molecule is CCOP(=O)(O)c1cc(F)cc(C#N)c1. The van der Waals surface area contributed by atoms with E-state index < -0.39 is 13.4 Å². The summed E-state index contributed by atoms with van der Waals surface area (Å²) in [6.07, 6.45) is 0. The molecule has 1 rings (SSSR count). The molecule has 0 aliphatic carbocycles. The van der Waals surface area contributed by atoms with Gasteiger partial charge in [0.15, 0.2) is 0 Å². The van der Waals surface area contributed by atoms with E-state index in [1.54, 1.807) is 13.0 Å². The van der Waals surface area contributed by atoms with E-state index in [1.807, 2.05) is 0 Å². The number of benzene rings is 1. The summed E-state index contributed by atoms with van der Waals surface area (Å²) in [7, 11) is -4.00. The molecule has 1 atom stereocenters. The predicted octanol–water partition coefficient (Wildman–Crippen LogP) is 1.54. The molecular formula is C9H9FNO3P. The third-order valence-corrected chi connectivity index (χ3v) is 3.16. The second-order valence-corrected chi connectivity index (χ2v) is 4.56. The van der Waals surface area contributed by atoms with E-state index in [0.29, 0.717) is 0 Å². The van der Waals surface area contributed by atoms with Gasteiger partial charge in [-0.15, -0.1) is 0 Å². The van der Waals surface area contributed by atoms with Crippen LogP contribution in [0.5, 0.6) is 0 Å². The maximum Gasteiger partial charge on any atom is 0.358 e. The highest BCUT2D eigenvalue weighted by molar-refractivity contribution is 7.61. The van der Waals surface area contributed by atoms with Crippen molar-refractivity contribution in [3.05, 3.63) is 29.6 Å². The molecule has 0 aromatic heterocycles. The minimum absolute atomic E-state index is 0.0148. The van der Waals surface area contributed by atoms with Gasteiger partial charge in [-0.1, -0.05) is 0 Å². The van der Waals surface area contributed by atoms with Crippen LogP contribution in [0, 0.1) is 17.1 Å². The fourth-order valence-electron chi connectivity index (χ4n) is 1.05. The Kier molecular flexibility index (Phi) is 3.59. The number of hydrogen-bond donors (Lipinski definition) is 1. The number of hydrogen-bond acceptors (Lipinski definition) is 3. The van der Waals surface area contributed by atoms with Crippen LogP contribution in [0.2, 0.25) is 0 Å². The molecule has 6 heteroatoms. The van der Waals surface area contributed by atoms with Crippen molar-refractivity contribution in [1.82, 2.24) is 0 Å². The normalized spacial score (nSPS) is 14.3. The number of rotatable bonds is 3. The quantitative estimate of drug-likeness (QED) is 0.798. The van der Waals surface area contributed by atoms with Gasteiger partial charge in [0.1, 0.15) is 5.82 Å². The van der Waals surface area contributed by atoms with Crippen LogP contribution in [0.25, 0.3) is 0 Å². The Bertz CT molecular complexity index is 455. The van der Waals surface area contributed by atoms with Crippen LogP contribution in [0.15, 0.2) is 18.2 Å². The molecule has 0 spiro atoms. The van der Waals surface area contributed by atoms with Crippen molar-refractivity contribution in [2.75, 3.05) is 6.61 Å². The van der Waals surface area contributed by atoms with E-state index in [-0.39, 0.29) is 17.5 Å². The van der Waals surface area contributed by atoms with Crippen LogP contribution in [0.1, 0.15) is 12.5 Å². The minimum atomic E-state index is -4.00. The standard InChI is InChI=1S/C9H9FNO3P/c1-2-14-15(12,13)9-4-7(6-11)3-8(10)5-9/h3-5H,2H2,1H3,(H,12,13). The number of halogens is 1. The Morgan fingerprint density at radius 1 is 1.60 bits per heavy atom. The molecule has 1 N–H and O–H groups in total. The fraction of sp³-hybridized carbons (Fsp3) is 0.222. The molecule has 0 bridgehead atoms. The van der Waals surface area contributed by atoms with Gasteiger partial charge in [-0.2, -0.15) is 5.26 Å². The summed E-state index contributed by atoms with van der Waals surface area (Å²) >= 11 is 0. The molecule has 1 unspecified atom stereocenters. The van der Waals surface area contributed by atoms with Crippen LogP contribution in [0.3, 0.4) is 0 Å². The van der Waals surface area contributed by atoms with Gasteiger partial charge in [0.2, 0.25) is 0 Å². The molecule has 0 fully saturated rings. The molecule has 0 saturated carbocycles. The second-order valence-electron chi connectivity index (χ2n) is 2.75. The second kappa shape index (κ2) is 4.54. The van der Waals surface area contributed by atoms with Crippen LogP contribution in [-0.4, -0.2) is 11.5 Å². The number of nitriles is 1. The van der Waals surface area contributed by atoms with Gasteiger partial charge in [0.25, 0.3) is 0 Å². The molecule has 0 saturated heterocycles. The van der Waals surface area contributed by atoms with Crippen molar-refractivity contribution >= 4 is 12.9 Å². The van der Waals surface area contributed by atoms with Gasteiger partial charge in [-0.05, 0) is 25.1 Å². The van der Waals surface area contributed by atoms with Gasteiger partial charge in [-0.3, -0.25) is 4.57 Å². The lowest BCUT2D eigenvalue weighted by Gasteiger charge is -2.10. The van der Waals surface area contributed by atoms with Gasteiger partial charge in [0, 0.05) is 0 Å².